The highest BCUT2D eigenvalue weighted by atomic mass is 32.1. The van der Waals surface area contributed by atoms with Gasteiger partial charge in [-0.15, -0.1) is 0 Å². The van der Waals surface area contributed by atoms with Crippen molar-refractivity contribution in [2.45, 2.75) is 19.9 Å². The molecule has 2 aliphatic heterocycles. The highest BCUT2D eigenvalue weighted by Crippen LogP contribution is 2.45. The van der Waals surface area contributed by atoms with Crippen molar-refractivity contribution in [3.05, 3.63) is 82.9 Å². The lowest BCUT2D eigenvalue weighted by atomic mass is 9.95. The Bertz CT molecular complexity index is 1610. The molecule has 1 atom stereocenters. The number of aromatic nitrogens is 1. The van der Waals surface area contributed by atoms with Gasteiger partial charge in [0.15, 0.2) is 16.6 Å². The van der Waals surface area contributed by atoms with Gasteiger partial charge in [0.25, 0.3) is 5.78 Å². The smallest absolute Gasteiger partial charge is 0.301 e. The molecule has 1 aromatic heterocycles. The van der Waals surface area contributed by atoms with Crippen molar-refractivity contribution in [3.63, 3.8) is 0 Å². The summed E-state index contributed by atoms with van der Waals surface area (Å²) < 4.78 is 17.7. The summed E-state index contributed by atoms with van der Waals surface area (Å²) in [5.41, 5.74) is 2.77. The number of amides is 1. The van der Waals surface area contributed by atoms with Gasteiger partial charge >= 0.3 is 5.91 Å². The van der Waals surface area contributed by atoms with E-state index in [1.54, 1.807) is 42.5 Å². The average Bonchev–Trinajstić information content (AvgIpc) is 3.46. The van der Waals surface area contributed by atoms with Crippen LogP contribution in [0, 0.1) is 6.92 Å². The van der Waals surface area contributed by atoms with Crippen molar-refractivity contribution in [2.75, 3.05) is 24.7 Å². The second-order valence-corrected chi connectivity index (χ2v) is 10.0. The van der Waals surface area contributed by atoms with Gasteiger partial charge in [-0.2, -0.15) is 0 Å². The van der Waals surface area contributed by atoms with Crippen molar-refractivity contribution in [1.29, 1.82) is 0 Å². The number of thiazole rings is 1. The second kappa shape index (κ2) is 9.50. The summed E-state index contributed by atoms with van der Waals surface area (Å²) in [6, 6.07) is 17.0. The predicted octanol–water partition coefficient (Wildman–Crippen LogP) is 5.40. The minimum Gasteiger partial charge on any atom is -0.507 e. The van der Waals surface area contributed by atoms with E-state index in [-0.39, 0.29) is 11.3 Å². The fourth-order valence-corrected chi connectivity index (χ4v) is 5.82. The summed E-state index contributed by atoms with van der Waals surface area (Å²) in [4.78, 5) is 33.1. The zero-order valence-electron chi connectivity index (χ0n) is 20.8. The van der Waals surface area contributed by atoms with Crippen molar-refractivity contribution in [2.24, 2.45) is 0 Å². The number of ketones is 1. The maximum absolute atomic E-state index is 13.5. The molecule has 1 fully saturated rings. The van der Waals surface area contributed by atoms with Crippen molar-refractivity contribution >= 4 is 44.1 Å². The van der Waals surface area contributed by atoms with Gasteiger partial charge < -0.3 is 19.3 Å². The van der Waals surface area contributed by atoms with E-state index in [0.717, 1.165) is 15.8 Å². The lowest BCUT2D eigenvalue weighted by molar-refractivity contribution is -0.132. The number of Topliss-reactive ketones (excluding diaryl/α,β-unsaturated/α-hetero) is 1. The Morgan fingerprint density at radius 3 is 2.58 bits per heavy atom. The van der Waals surface area contributed by atoms with Gasteiger partial charge in [-0.05, 0) is 67.4 Å². The first-order chi connectivity index (χ1) is 18.4. The molecule has 3 aromatic carbocycles. The quantitative estimate of drug-likeness (QED) is 0.210. The number of rotatable bonds is 5. The van der Waals surface area contributed by atoms with Gasteiger partial charge in [0.2, 0.25) is 0 Å². The molecule has 1 amide bonds. The van der Waals surface area contributed by atoms with Crippen LogP contribution < -0.4 is 19.1 Å². The van der Waals surface area contributed by atoms with E-state index in [1.165, 1.54) is 16.2 Å². The van der Waals surface area contributed by atoms with Gasteiger partial charge in [0, 0.05) is 5.56 Å². The third kappa shape index (κ3) is 4.05. The van der Waals surface area contributed by atoms with Gasteiger partial charge in [-0.3, -0.25) is 14.5 Å². The van der Waals surface area contributed by atoms with Crippen LogP contribution in [0.15, 0.2) is 66.2 Å². The minimum absolute atomic E-state index is 0.0220. The number of hydrogen-bond donors (Lipinski definition) is 1. The maximum atomic E-state index is 13.5. The van der Waals surface area contributed by atoms with E-state index in [2.05, 4.69) is 4.98 Å². The molecule has 1 saturated heterocycles. The Morgan fingerprint density at radius 1 is 1.05 bits per heavy atom. The first-order valence-electron chi connectivity index (χ1n) is 12.3. The number of benzene rings is 3. The van der Waals surface area contributed by atoms with Gasteiger partial charge in [0.1, 0.15) is 24.7 Å². The summed E-state index contributed by atoms with van der Waals surface area (Å²) in [5, 5.41) is 11.8. The van der Waals surface area contributed by atoms with Crippen LogP contribution in [0.25, 0.3) is 16.0 Å². The lowest BCUT2D eigenvalue weighted by Crippen LogP contribution is -2.29. The number of nitrogens with zero attached hydrogens (tertiary/aromatic N) is 2. The predicted molar refractivity (Wildman–Crippen MR) is 144 cm³/mol. The highest BCUT2D eigenvalue weighted by molar-refractivity contribution is 7.22. The van der Waals surface area contributed by atoms with E-state index in [1.807, 2.05) is 32.0 Å². The van der Waals surface area contributed by atoms with Gasteiger partial charge in [0.05, 0.1) is 28.4 Å². The molecule has 38 heavy (non-hydrogen) atoms. The fourth-order valence-electron chi connectivity index (χ4n) is 4.73. The zero-order chi connectivity index (χ0) is 26.4. The van der Waals surface area contributed by atoms with E-state index in [4.69, 9.17) is 14.2 Å². The number of ether oxygens (including phenoxy) is 3. The van der Waals surface area contributed by atoms with Crippen LogP contribution >= 0.6 is 11.3 Å². The van der Waals surface area contributed by atoms with Crippen LogP contribution in [0.2, 0.25) is 0 Å². The average molecular weight is 529 g/mol. The van der Waals surface area contributed by atoms with E-state index >= 15 is 0 Å². The van der Waals surface area contributed by atoms with Crippen molar-refractivity contribution < 1.29 is 28.9 Å². The molecule has 4 aromatic rings. The SMILES string of the molecule is CCOc1ccc([C@@H]2/C(=C(\O)c3ccc4c(c3)OCCO4)C(=O)C(=O)N2c2nc3ccc(C)cc3s2)cc1. The zero-order valence-corrected chi connectivity index (χ0v) is 21.6. The molecule has 0 saturated carbocycles. The fraction of sp³-hybridized carbons (Fsp3) is 0.207. The molecule has 0 aliphatic carbocycles. The van der Waals surface area contributed by atoms with Crippen LogP contribution in [0.1, 0.15) is 29.7 Å². The number of hydrogen-bond acceptors (Lipinski definition) is 8. The Kier molecular flexibility index (Phi) is 6.00. The molecule has 0 radical (unpaired) electrons. The number of carbonyl (C=O) groups excluding carboxylic acids is 2. The van der Waals surface area contributed by atoms with Crippen molar-refractivity contribution in [1.82, 2.24) is 4.98 Å². The third-order valence-corrected chi connectivity index (χ3v) is 7.52. The first-order valence-corrected chi connectivity index (χ1v) is 13.1. The van der Waals surface area contributed by atoms with Gasteiger partial charge in [-0.25, -0.2) is 4.98 Å². The third-order valence-electron chi connectivity index (χ3n) is 6.51. The molecule has 2 aliphatic rings. The number of carbonyl (C=O) groups is 2. The lowest BCUT2D eigenvalue weighted by Gasteiger charge is -2.23. The normalized spacial score (nSPS) is 18.3. The van der Waals surface area contributed by atoms with Crippen LogP contribution in [0.3, 0.4) is 0 Å². The molecular weight excluding hydrogens is 504 g/mol. The number of aliphatic hydroxyl groups is 1. The summed E-state index contributed by atoms with van der Waals surface area (Å²) >= 11 is 1.33. The molecule has 192 valence electrons. The Balaban J connectivity index is 1.52. The van der Waals surface area contributed by atoms with Crippen molar-refractivity contribution in [3.8, 4) is 17.2 Å². The molecule has 1 N–H and O–H groups in total. The number of aryl methyl sites for hydroxylation is 1. The molecule has 0 bridgehead atoms. The number of aliphatic hydroxyl groups excluding tert-OH is 1. The Morgan fingerprint density at radius 2 is 1.82 bits per heavy atom. The van der Waals surface area contributed by atoms with Crippen LogP contribution in [-0.4, -0.2) is 41.6 Å². The topological polar surface area (TPSA) is 98.2 Å². The summed E-state index contributed by atoms with van der Waals surface area (Å²) in [5.74, 6) is -0.144. The van der Waals surface area contributed by atoms with Crippen LogP contribution in [0.4, 0.5) is 5.13 Å². The maximum Gasteiger partial charge on any atom is 0.301 e. The van der Waals surface area contributed by atoms with Crippen LogP contribution in [-0.2, 0) is 9.59 Å². The first kappa shape index (κ1) is 24.0. The molecule has 0 spiro atoms. The Hall–Kier alpha value is -4.37. The van der Waals surface area contributed by atoms with E-state index in [9.17, 15) is 14.7 Å². The largest absolute Gasteiger partial charge is 0.507 e. The van der Waals surface area contributed by atoms with E-state index in [0.29, 0.717) is 53.3 Å². The number of fused-ring (bicyclic) bond motifs is 2. The standard InChI is InChI=1S/C29H24N2O6S/c1-3-35-19-8-5-17(6-9-19)25-24(26(32)18-7-11-21-22(15-18)37-13-12-36-21)27(33)28(34)31(25)29-30-20-10-4-16(2)14-23(20)38-29/h4-11,14-15,25,32H,3,12-13H2,1-2H3/b26-24+/t25-/m1/s1. The molecule has 9 heteroatoms. The van der Waals surface area contributed by atoms with E-state index < -0.39 is 17.7 Å². The highest BCUT2D eigenvalue weighted by Gasteiger charge is 2.48. The molecule has 6 rings (SSSR count). The molecule has 0 unspecified atom stereocenters. The molecular formula is C29H24N2O6S. The van der Waals surface area contributed by atoms with Gasteiger partial charge in [-0.1, -0.05) is 29.5 Å². The molecule has 8 nitrogen and oxygen atoms in total. The monoisotopic (exact) mass is 528 g/mol. The second-order valence-electron chi connectivity index (χ2n) is 9.00. The van der Waals surface area contributed by atoms with Crippen LogP contribution in [0.5, 0.6) is 17.2 Å². The summed E-state index contributed by atoms with van der Waals surface area (Å²) in [6.07, 6.45) is 0. The minimum atomic E-state index is -0.888. The number of anilines is 1. The Labute approximate surface area is 222 Å². The molecule has 3 heterocycles. The summed E-state index contributed by atoms with van der Waals surface area (Å²) in [7, 11) is 0. The summed E-state index contributed by atoms with van der Waals surface area (Å²) in [6.45, 7) is 5.20.